The predicted molar refractivity (Wildman–Crippen MR) is 85.9 cm³/mol. The van der Waals surface area contributed by atoms with Crippen LogP contribution >= 0.6 is 23.2 Å². The second kappa shape index (κ2) is 6.17. The minimum Gasteiger partial charge on any atom is -0.490 e. The van der Waals surface area contributed by atoms with Crippen LogP contribution in [0.5, 0.6) is 11.5 Å². The fourth-order valence-corrected chi connectivity index (χ4v) is 2.95. The molecular formula is C17H16Cl2O2. The molecule has 0 aliphatic carbocycles. The van der Waals surface area contributed by atoms with Gasteiger partial charge < -0.3 is 9.47 Å². The van der Waals surface area contributed by atoms with Gasteiger partial charge in [0.05, 0.1) is 18.6 Å². The van der Waals surface area contributed by atoms with Gasteiger partial charge in [0.1, 0.15) is 0 Å². The molecule has 2 nitrogen and oxygen atoms in total. The van der Waals surface area contributed by atoms with Crippen LogP contribution in [0.2, 0.25) is 5.02 Å². The Kier molecular flexibility index (Phi) is 4.27. The first-order chi connectivity index (χ1) is 10.1. The maximum atomic E-state index is 6.59. The molecule has 0 spiro atoms. The standard InChI is InChI=1S/C17H16Cl2O2/c1-11-3-5-12(6-4-11)17(19)13-9-15-16(10-14(13)18)21-8-2-7-20-15/h3-6,9-10,17H,2,7-8H2,1H3. The highest BCUT2D eigenvalue weighted by molar-refractivity contribution is 6.33. The highest BCUT2D eigenvalue weighted by Gasteiger charge is 2.19. The topological polar surface area (TPSA) is 18.5 Å². The molecule has 1 aliphatic heterocycles. The monoisotopic (exact) mass is 322 g/mol. The molecule has 2 aromatic rings. The first-order valence-corrected chi connectivity index (χ1v) is 7.76. The lowest BCUT2D eigenvalue weighted by Crippen LogP contribution is -1.98. The summed E-state index contributed by atoms with van der Waals surface area (Å²) in [5, 5.41) is 0.287. The summed E-state index contributed by atoms with van der Waals surface area (Å²) in [5.74, 6) is 1.40. The Morgan fingerprint density at radius 2 is 1.62 bits per heavy atom. The number of fused-ring (bicyclic) bond motifs is 1. The third-order valence-corrected chi connectivity index (χ3v) is 4.32. The molecule has 2 aromatic carbocycles. The van der Waals surface area contributed by atoms with E-state index in [0.717, 1.165) is 17.5 Å². The molecule has 0 bridgehead atoms. The van der Waals surface area contributed by atoms with Crippen LogP contribution in [0.25, 0.3) is 0 Å². The Balaban J connectivity index is 1.97. The zero-order valence-electron chi connectivity index (χ0n) is 11.7. The van der Waals surface area contributed by atoms with Crippen molar-refractivity contribution in [1.29, 1.82) is 0 Å². The molecule has 1 heterocycles. The van der Waals surface area contributed by atoms with Crippen LogP contribution in [0.1, 0.15) is 28.5 Å². The van der Waals surface area contributed by atoms with Crippen molar-refractivity contribution in [3.63, 3.8) is 0 Å². The molecule has 1 aliphatic rings. The highest BCUT2D eigenvalue weighted by atomic mass is 35.5. The summed E-state index contributed by atoms with van der Waals surface area (Å²) >= 11 is 13.0. The fourth-order valence-electron chi connectivity index (χ4n) is 2.31. The largest absolute Gasteiger partial charge is 0.490 e. The summed E-state index contributed by atoms with van der Waals surface area (Å²) in [6, 6.07) is 11.8. The molecule has 0 radical (unpaired) electrons. The molecule has 0 fully saturated rings. The quantitative estimate of drug-likeness (QED) is 0.713. The minimum atomic E-state index is -0.310. The van der Waals surface area contributed by atoms with Crippen LogP contribution in [0.15, 0.2) is 36.4 Å². The maximum Gasteiger partial charge on any atom is 0.162 e. The Labute approximate surface area is 134 Å². The molecular weight excluding hydrogens is 307 g/mol. The summed E-state index contributed by atoms with van der Waals surface area (Å²) in [6.45, 7) is 3.34. The lowest BCUT2D eigenvalue weighted by molar-refractivity contribution is 0.297. The molecule has 21 heavy (non-hydrogen) atoms. The van der Waals surface area contributed by atoms with Crippen molar-refractivity contribution >= 4 is 23.2 Å². The first-order valence-electron chi connectivity index (χ1n) is 6.95. The van der Waals surface area contributed by atoms with Crippen molar-refractivity contribution in [2.24, 2.45) is 0 Å². The lowest BCUT2D eigenvalue weighted by atomic mass is 10.0. The Bertz CT molecular complexity index is 638. The number of halogens is 2. The molecule has 0 amide bonds. The van der Waals surface area contributed by atoms with E-state index in [9.17, 15) is 0 Å². The van der Waals surface area contributed by atoms with Crippen LogP contribution in [0.4, 0.5) is 0 Å². The Morgan fingerprint density at radius 1 is 1.00 bits per heavy atom. The van der Waals surface area contributed by atoms with Crippen molar-refractivity contribution in [3.8, 4) is 11.5 Å². The van der Waals surface area contributed by atoms with E-state index in [-0.39, 0.29) is 5.38 Å². The SMILES string of the molecule is Cc1ccc(C(Cl)c2cc3c(cc2Cl)OCCCO3)cc1. The molecule has 3 rings (SSSR count). The van der Waals surface area contributed by atoms with Gasteiger partial charge in [-0.05, 0) is 24.1 Å². The number of rotatable bonds is 2. The third kappa shape index (κ3) is 3.12. The molecule has 0 saturated carbocycles. The van der Waals surface area contributed by atoms with E-state index in [2.05, 4.69) is 0 Å². The van der Waals surface area contributed by atoms with Crippen LogP contribution in [0, 0.1) is 6.92 Å². The zero-order valence-corrected chi connectivity index (χ0v) is 13.2. The maximum absolute atomic E-state index is 6.59. The summed E-state index contributed by atoms with van der Waals surface area (Å²) in [7, 11) is 0. The summed E-state index contributed by atoms with van der Waals surface area (Å²) < 4.78 is 11.3. The zero-order chi connectivity index (χ0) is 14.8. The van der Waals surface area contributed by atoms with Crippen molar-refractivity contribution in [3.05, 3.63) is 58.1 Å². The fraction of sp³-hybridized carbons (Fsp3) is 0.294. The summed E-state index contributed by atoms with van der Waals surface area (Å²) in [6.07, 6.45) is 0.865. The molecule has 0 saturated heterocycles. The molecule has 4 heteroatoms. The number of ether oxygens (including phenoxy) is 2. The van der Waals surface area contributed by atoms with E-state index >= 15 is 0 Å². The van der Waals surface area contributed by atoms with Crippen LogP contribution in [-0.2, 0) is 0 Å². The van der Waals surface area contributed by atoms with E-state index in [0.29, 0.717) is 29.7 Å². The number of alkyl halides is 1. The molecule has 0 N–H and O–H groups in total. The second-order valence-corrected chi connectivity index (χ2v) is 5.99. The Hall–Kier alpha value is -1.38. The van der Waals surface area contributed by atoms with E-state index < -0.39 is 0 Å². The van der Waals surface area contributed by atoms with Gasteiger partial charge in [-0.25, -0.2) is 0 Å². The molecule has 110 valence electrons. The van der Waals surface area contributed by atoms with Gasteiger partial charge in [0.15, 0.2) is 11.5 Å². The van der Waals surface area contributed by atoms with Gasteiger partial charge in [0.25, 0.3) is 0 Å². The third-order valence-electron chi connectivity index (χ3n) is 3.51. The average molecular weight is 323 g/mol. The van der Waals surface area contributed by atoms with E-state index in [1.165, 1.54) is 5.56 Å². The van der Waals surface area contributed by atoms with Crippen LogP contribution in [-0.4, -0.2) is 13.2 Å². The molecule has 0 aromatic heterocycles. The highest BCUT2D eigenvalue weighted by Crippen LogP contribution is 2.41. The number of benzene rings is 2. The summed E-state index contributed by atoms with van der Waals surface area (Å²) in [4.78, 5) is 0. The number of hydrogen-bond donors (Lipinski definition) is 0. The van der Waals surface area contributed by atoms with Crippen molar-refractivity contribution in [2.45, 2.75) is 18.7 Å². The van der Waals surface area contributed by atoms with Crippen molar-refractivity contribution < 1.29 is 9.47 Å². The van der Waals surface area contributed by atoms with Gasteiger partial charge in [-0.1, -0.05) is 41.4 Å². The van der Waals surface area contributed by atoms with Crippen molar-refractivity contribution in [2.75, 3.05) is 13.2 Å². The minimum absolute atomic E-state index is 0.310. The van der Waals surface area contributed by atoms with Gasteiger partial charge in [-0.3, -0.25) is 0 Å². The smallest absolute Gasteiger partial charge is 0.162 e. The van der Waals surface area contributed by atoms with Gasteiger partial charge in [0, 0.05) is 17.5 Å². The van der Waals surface area contributed by atoms with E-state index in [1.807, 2.05) is 37.3 Å². The summed E-state index contributed by atoms with van der Waals surface area (Å²) in [5.41, 5.74) is 3.05. The number of aryl methyl sites for hydroxylation is 1. The van der Waals surface area contributed by atoms with E-state index in [4.69, 9.17) is 32.7 Å². The second-order valence-electron chi connectivity index (χ2n) is 5.14. The van der Waals surface area contributed by atoms with Crippen LogP contribution in [0.3, 0.4) is 0 Å². The van der Waals surface area contributed by atoms with Crippen molar-refractivity contribution in [1.82, 2.24) is 0 Å². The lowest BCUT2D eigenvalue weighted by Gasteiger charge is -2.16. The molecule has 1 unspecified atom stereocenters. The van der Waals surface area contributed by atoms with Crippen LogP contribution < -0.4 is 9.47 Å². The van der Waals surface area contributed by atoms with Gasteiger partial charge in [0.2, 0.25) is 0 Å². The van der Waals surface area contributed by atoms with E-state index in [1.54, 1.807) is 6.07 Å². The molecule has 1 atom stereocenters. The average Bonchev–Trinajstić information content (AvgIpc) is 2.71. The normalized spacial score (nSPS) is 15.4. The van der Waals surface area contributed by atoms with Gasteiger partial charge in [-0.15, -0.1) is 11.6 Å². The van der Waals surface area contributed by atoms with Gasteiger partial charge >= 0.3 is 0 Å². The number of hydrogen-bond acceptors (Lipinski definition) is 2. The predicted octanol–water partition coefficient (Wildman–Crippen LogP) is 5.14. The Morgan fingerprint density at radius 3 is 2.29 bits per heavy atom. The van der Waals surface area contributed by atoms with Gasteiger partial charge in [-0.2, -0.15) is 0 Å². The first kappa shape index (κ1) is 14.6.